The Morgan fingerprint density at radius 3 is 2.29 bits per heavy atom. The first-order valence-electron chi connectivity index (χ1n) is 4.92. The van der Waals surface area contributed by atoms with E-state index < -0.39 is 23.3 Å². The van der Waals surface area contributed by atoms with Gasteiger partial charge in [-0.3, -0.25) is 0 Å². The molecule has 0 saturated carbocycles. The predicted octanol–water partition coefficient (Wildman–Crippen LogP) is 2.93. The highest BCUT2D eigenvalue weighted by Crippen LogP contribution is 2.29. The summed E-state index contributed by atoms with van der Waals surface area (Å²) >= 11 is 0. The number of alkyl halides is 2. The minimum absolute atomic E-state index is 0.177. The molecule has 0 unspecified atom stereocenters. The Kier molecular flexibility index (Phi) is 4.11. The SMILES string of the molecule is CC(C)OCc1ccc(C(O)(F)F)c(F)c1F. The van der Waals surface area contributed by atoms with Crippen LogP contribution < -0.4 is 0 Å². The summed E-state index contributed by atoms with van der Waals surface area (Å²) in [6, 6.07) is 1.59. The number of hydrogen-bond donors (Lipinski definition) is 1. The Balaban J connectivity index is 3.03. The van der Waals surface area contributed by atoms with Gasteiger partial charge in [-0.1, -0.05) is 6.07 Å². The lowest BCUT2D eigenvalue weighted by molar-refractivity contribution is -0.210. The molecule has 0 aliphatic rings. The van der Waals surface area contributed by atoms with Crippen LogP contribution in [0.5, 0.6) is 0 Å². The van der Waals surface area contributed by atoms with Crippen molar-refractivity contribution < 1.29 is 27.4 Å². The Morgan fingerprint density at radius 1 is 1.24 bits per heavy atom. The topological polar surface area (TPSA) is 29.5 Å². The number of hydrogen-bond acceptors (Lipinski definition) is 2. The summed E-state index contributed by atoms with van der Waals surface area (Å²) in [4.78, 5) is 0. The third kappa shape index (κ3) is 3.41. The maximum absolute atomic E-state index is 13.3. The average molecular weight is 252 g/mol. The van der Waals surface area contributed by atoms with E-state index in [0.29, 0.717) is 6.07 Å². The van der Waals surface area contributed by atoms with E-state index in [1.54, 1.807) is 13.8 Å². The molecule has 0 bridgehead atoms. The molecule has 0 radical (unpaired) electrons. The van der Waals surface area contributed by atoms with Gasteiger partial charge in [-0.05, 0) is 19.9 Å². The minimum Gasteiger partial charge on any atom is -0.374 e. The molecule has 1 rings (SSSR count). The molecule has 1 aromatic carbocycles. The molecule has 0 spiro atoms. The molecular formula is C11H12F4O2. The fourth-order valence-corrected chi connectivity index (χ4v) is 1.19. The van der Waals surface area contributed by atoms with Crippen LogP contribution in [0.1, 0.15) is 25.0 Å². The molecule has 0 fully saturated rings. The summed E-state index contributed by atoms with van der Waals surface area (Å²) in [6.45, 7) is 3.17. The van der Waals surface area contributed by atoms with E-state index in [9.17, 15) is 17.6 Å². The normalized spacial score (nSPS) is 12.2. The van der Waals surface area contributed by atoms with Gasteiger partial charge in [0.2, 0.25) is 0 Å². The van der Waals surface area contributed by atoms with Gasteiger partial charge >= 0.3 is 6.11 Å². The molecule has 0 atom stereocenters. The van der Waals surface area contributed by atoms with E-state index >= 15 is 0 Å². The molecule has 6 heteroatoms. The Morgan fingerprint density at radius 2 is 1.82 bits per heavy atom. The molecule has 2 nitrogen and oxygen atoms in total. The molecular weight excluding hydrogens is 240 g/mol. The van der Waals surface area contributed by atoms with Gasteiger partial charge in [-0.15, -0.1) is 0 Å². The summed E-state index contributed by atoms with van der Waals surface area (Å²) in [7, 11) is 0. The predicted molar refractivity (Wildman–Crippen MR) is 52.4 cm³/mol. The molecule has 17 heavy (non-hydrogen) atoms. The van der Waals surface area contributed by atoms with Crippen molar-refractivity contribution in [3.63, 3.8) is 0 Å². The standard InChI is InChI=1S/C11H12F4O2/c1-6(2)17-5-7-3-4-8(11(14,15)16)10(13)9(7)12/h3-4,6,16H,5H2,1-2H3. The first kappa shape index (κ1) is 13.9. The van der Waals surface area contributed by atoms with Crippen LogP contribution in [0.15, 0.2) is 12.1 Å². The second kappa shape index (κ2) is 5.01. The molecule has 0 saturated heterocycles. The lowest BCUT2D eigenvalue weighted by Crippen LogP contribution is -2.16. The molecule has 96 valence electrons. The van der Waals surface area contributed by atoms with Gasteiger partial charge in [-0.2, -0.15) is 8.78 Å². The fraction of sp³-hybridized carbons (Fsp3) is 0.455. The number of aliphatic hydroxyl groups is 1. The number of rotatable bonds is 4. The van der Waals surface area contributed by atoms with Crippen LogP contribution in [0.25, 0.3) is 0 Å². The maximum atomic E-state index is 13.3. The van der Waals surface area contributed by atoms with E-state index in [2.05, 4.69) is 0 Å². The number of halogens is 4. The third-order valence-electron chi connectivity index (χ3n) is 2.06. The first-order chi connectivity index (χ1) is 7.73. The van der Waals surface area contributed by atoms with Gasteiger partial charge in [-0.25, -0.2) is 8.78 Å². The molecule has 1 aromatic rings. The Bertz CT molecular complexity index is 399. The first-order valence-corrected chi connectivity index (χ1v) is 4.92. The highest BCUT2D eigenvalue weighted by atomic mass is 19.3. The zero-order chi connectivity index (χ0) is 13.2. The van der Waals surface area contributed by atoms with E-state index in [-0.39, 0.29) is 18.3 Å². The Hall–Kier alpha value is -1.14. The van der Waals surface area contributed by atoms with Crippen molar-refractivity contribution in [3.05, 3.63) is 34.9 Å². The summed E-state index contributed by atoms with van der Waals surface area (Å²) in [5, 5.41) is 8.33. The molecule has 1 N–H and O–H groups in total. The summed E-state index contributed by atoms with van der Waals surface area (Å²) < 4.78 is 56.5. The van der Waals surface area contributed by atoms with Crippen LogP contribution in [0.2, 0.25) is 0 Å². The van der Waals surface area contributed by atoms with Crippen LogP contribution in [0, 0.1) is 11.6 Å². The van der Waals surface area contributed by atoms with E-state index in [1.807, 2.05) is 0 Å². The molecule has 0 heterocycles. The number of benzene rings is 1. The van der Waals surface area contributed by atoms with E-state index in [0.717, 1.165) is 6.07 Å². The van der Waals surface area contributed by atoms with Gasteiger partial charge in [0.05, 0.1) is 18.3 Å². The van der Waals surface area contributed by atoms with Crippen LogP contribution in [-0.4, -0.2) is 11.2 Å². The highest BCUT2D eigenvalue weighted by Gasteiger charge is 2.33. The quantitative estimate of drug-likeness (QED) is 0.835. The summed E-state index contributed by atoms with van der Waals surface area (Å²) in [5.41, 5.74) is -1.56. The molecule has 0 amide bonds. The fourth-order valence-electron chi connectivity index (χ4n) is 1.19. The zero-order valence-electron chi connectivity index (χ0n) is 9.31. The van der Waals surface area contributed by atoms with Crippen molar-refractivity contribution in [2.75, 3.05) is 0 Å². The third-order valence-corrected chi connectivity index (χ3v) is 2.06. The number of ether oxygens (including phenoxy) is 1. The van der Waals surface area contributed by atoms with Crippen molar-refractivity contribution in [2.45, 2.75) is 32.7 Å². The largest absolute Gasteiger partial charge is 0.383 e. The second-order valence-electron chi connectivity index (χ2n) is 3.80. The highest BCUT2D eigenvalue weighted by molar-refractivity contribution is 5.27. The van der Waals surface area contributed by atoms with Gasteiger partial charge < -0.3 is 9.84 Å². The monoisotopic (exact) mass is 252 g/mol. The van der Waals surface area contributed by atoms with Crippen molar-refractivity contribution in [1.82, 2.24) is 0 Å². The minimum atomic E-state index is -4.40. The van der Waals surface area contributed by atoms with Crippen LogP contribution >= 0.6 is 0 Å². The molecule has 0 aliphatic carbocycles. The van der Waals surface area contributed by atoms with Crippen LogP contribution in [-0.2, 0) is 17.5 Å². The molecule has 0 aliphatic heterocycles. The summed E-state index contributed by atoms with van der Waals surface area (Å²) in [6.07, 6.45) is -4.60. The van der Waals surface area contributed by atoms with Crippen LogP contribution in [0.4, 0.5) is 17.6 Å². The van der Waals surface area contributed by atoms with E-state index in [4.69, 9.17) is 9.84 Å². The Labute approximate surface area is 95.8 Å². The van der Waals surface area contributed by atoms with Gasteiger partial charge in [0.1, 0.15) is 0 Å². The smallest absolute Gasteiger partial charge is 0.374 e. The van der Waals surface area contributed by atoms with Crippen molar-refractivity contribution in [3.8, 4) is 0 Å². The van der Waals surface area contributed by atoms with Gasteiger partial charge in [0, 0.05) is 5.56 Å². The summed E-state index contributed by atoms with van der Waals surface area (Å²) in [5.74, 6) is -3.20. The lowest BCUT2D eigenvalue weighted by atomic mass is 10.1. The second-order valence-corrected chi connectivity index (χ2v) is 3.80. The van der Waals surface area contributed by atoms with Crippen molar-refractivity contribution in [1.29, 1.82) is 0 Å². The van der Waals surface area contributed by atoms with Crippen molar-refractivity contribution in [2.24, 2.45) is 0 Å². The van der Waals surface area contributed by atoms with E-state index in [1.165, 1.54) is 0 Å². The lowest BCUT2D eigenvalue weighted by Gasteiger charge is -2.13. The van der Waals surface area contributed by atoms with Crippen molar-refractivity contribution >= 4 is 0 Å². The maximum Gasteiger partial charge on any atom is 0.383 e. The van der Waals surface area contributed by atoms with Crippen LogP contribution in [0.3, 0.4) is 0 Å². The zero-order valence-corrected chi connectivity index (χ0v) is 9.31. The molecule has 0 aromatic heterocycles. The van der Waals surface area contributed by atoms with Gasteiger partial charge in [0.25, 0.3) is 0 Å². The average Bonchev–Trinajstić information content (AvgIpc) is 2.18. The van der Waals surface area contributed by atoms with Gasteiger partial charge in [0.15, 0.2) is 11.6 Å².